The number of nitrogens with zero attached hydrogens (tertiary/aromatic N) is 1. The number of nitrogen functional groups attached to an aromatic ring is 1. The molecular weight excluding hydrogens is 238 g/mol. The molecule has 0 saturated heterocycles. The van der Waals surface area contributed by atoms with Crippen LogP contribution in [0.5, 0.6) is 0 Å². The van der Waals surface area contributed by atoms with Gasteiger partial charge in [0, 0.05) is 0 Å². The lowest BCUT2D eigenvalue weighted by Crippen LogP contribution is -2.15. The second-order valence-corrected chi connectivity index (χ2v) is 4.20. The van der Waals surface area contributed by atoms with E-state index in [1.54, 1.807) is 18.2 Å². The van der Waals surface area contributed by atoms with E-state index in [4.69, 9.17) is 11.0 Å². The molecule has 0 heterocycles. The van der Waals surface area contributed by atoms with Crippen LogP contribution in [0.4, 0.5) is 11.4 Å². The zero-order valence-corrected chi connectivity index (χ0v) is 10.4. The molecule has 2 rings (SSSR count). The summed E-state index contributed by atoms with van der Waals surface area (Å²) in [4.78, 5) is 0. The summed E-state index contributed by atoms with van der Waals surface area (Å²) in [7, 11) is 0. The predicted octanol–water partition coefficient (Wildman–Crippen LogP) is 2.29. The third-order valence-corrected chi connectivity index (χ3v) is 2.89. The number of rotatable bonds is 4. The predicted molar refractivity (Wildman–Crippen MR) is 75.5 cm³/mol. The Morgan fingerprint density at radius 3 is 2.53 bits per heavy atom. The maximum absolute atomic E-state index is 9.48. The minimum Gasteiger partial charge on any atom is -0.397 e. The van der Waals surface area contributed by atoms with Crippen LogP contribution in [0.1, 0.15) is 17.2 Å². The van der Waals surface area contributed by atoms with Gasteiger partial charge < -0.3 is 16.2 Å². The van der Waals surface area contributed by atoms with E-state index in [1.807, 2.05) is 36.4 Å². The smallest absolute Gasteiger partial charge is 0.0992 e. The standard InChI is InChI=1S/C15H15N3O/c16-9-11-6-7-14(13(17)8-11)18-15(10-19)12-4-2-1-3-5-12/h1-8,15,18-19H,10,17H2. The van der Waals surface area contributed by atoms with Gasteiger partial charge in [-0.2, -0.15) is 5.26 Å². The molecule has 0 aliphatic heterocycles. The Morgan fingerprint density at radius 1 is 1.21 bits per heavy atom. The van der Waals surface area contributed by atoms with Crippen molar-refractivity contribution in [2.45, 2.75) is 6.04 Å². The third-order valence-electron chi connectivity index (χ3n) is 2.89. The average molecular weight is 253 g/mol. The Morgan fingerprint density at radius 2 is 1.95 bits per heavy atom. The molecule has 1 unspecified atom stereocenters. The van der Waals surface area contributed by atoms with Gasteiger partial charge in [-0.15, -0.1) is 0 Å². The molecule has 96 valence electrons. The van der Waals surface area contributed by atoms with Gasteiger partial charge >= 0.3 is 0 Å². The highest BCUT2D eigenvalue weighted by Crippen LogP contribution is 2.25. The van der Waals surface area contributed by atoms with E-state index in [0.717, 1.165) is 5.56 Å². The molecule has 2 aromatic carbocycles. The van der Waals surface area contributed by atoms with Crippen LogP contribution in [0.25, 0.3) is 0 Å². The first-order valence-corrected chi connectivity index (χ1v) is 5.96. The summed E-state index contributed by atoms with van der Waals surface area (Å²) in [5.74, 6) is 0. The topological polar surface area (TPSA) is 82.1 Å². The fraction of sp³-hybridized carbons (Fsp3) is 0.133. The highest BCUT2D eigenvalue weighted by atomic mass is 16.3. The molecule has 0 fully saturated rings. The summed E-state index contributed by atoms with van der Waals surface area (Å²) in [6.45, 7) is -0.0382. The molecule has 4 nitrogen and oxygen atoms in total. The Kier molecular flexibility index (Phi) is 4.01. The summed E-state index contributed by atoms with van der Waals surface area (Å²) in [6, 6.07) is 16.5. The van der Waals surface area contributed by atoms with Crippen LogP contribution < -0.4 is 11.1 Å². The largest absolute Gasteiger partial charge is 0.397 e. The molecule has 2 aromatic rings. The van der Waals surface area contributed by atoms with Gasteiger partial charge in [-0.05, 0) is 23.8 Å². The number of nitrogens with one attached hydrogen (secondary N) is 1. The van der Waals surface area contributed by atoms with Gasteiger partial charge in [-0.1, -0.05) is 30.3 Å². The van der Waals surface area contributed by atoms with Gasteiger partial charge in [0.1, 0.15) is 0 Å². The molecule has 0 bridgehead atoms. The zero-order chi connectivity index (χ0) is 13.7. The molecular formula is C15H15N3O. The van der Waals surface area contributed by atoms with Gasteiger partial charge in [-0.3, -0.25) is 0 Å². The molecule has 0 aromatic heterocycles. The van der Waals surface area contributed by atoms with Crippen molar-refractivity contribution in [2.75, 3.05) is 17.7 Å². The van der Waals surface area contributed by atoms with E-state index in [1.165, 1.54) is 0 Å². The van der Waals surface area contributed by atoms with E-state index >= 15 is 0 Å². The summed E-state index contributed by atoms with van der Waals surface area (Å²) >= 11 is 0. The van der Waals surface area contributed by atoms with Crippen LogP contribution in [0, 0.1) is 11.3 Å². The number of anilines is 2. The molecule has 0 aliphatic carbocycles. The molecule has 0 aliphatic rings. The molecule has 4 N–H and O–H groups in total. The number of benzene rings is 2. The van der Waals surface area contributed by atoms with Crippen LogP contribution in [-0.2, 0) is 0 Å². The molecule has 0 amide bonds. The van der Waals surface area contributed by atoms with Crippen LogP contribution in [-0.4, -0.2) is 11.7 Å². The fourth-order valence-electron chi connectivity index (χ4n) is 1.87. The first kappa shape index (κ1) is 12.9. The van der Waals surface area contributed by atoms with Crippen LogP contribution in [0.2, 0.25) is 0 Å². The van der Waals surface area contributed by atoms with Crippen LogP contribution >= 0.6 is 0 Å². The monoisotopic (exact) mass is 253 g/mol. The van der Waals surface area contributed by atoms with Crippen molar-refractivity contribution < 1.29 is 5.11 Å². The number of nitrogens with two attached hydrogens (primary N) is 1. The van der Waals surface area contributed by atoms with Gasteiger partial charge in [0.25, 0.3) is 0 Å². The maximum Gasteiger partial charge on any atom is 0.0992 e. The quantitative estimate of drug-likeness (QED) is 0.730. The molecule has 4 heteroatoms. The van der Waals surface area contributed by atoms with Crippen molar-refractivity contribution in [1.29, 1.82) is 5.26 Å². The van der Waals surface area contributed by atoms with E-state index in [2.05, 4.69) is 5.32 Å². The van der Waals surface area contributed by atoms with E-state index in [0.29, 0.717) is 16.9 Å². The summed E-state index contributed by atoms with van der Waals surface area (Å²) in [6.07, 6.45) is 0. The highest BCUT2D eigenvalue weighted by molar-refractivity contribution is 5.68. The Labute approximate surface area is 112 Å². The lowest BCUT2D eigenvalue weighted by molar-refractivity contribution is 0.276. The van der Waals surface area contributed by atoms with E-state index < -0.39 is 0 Å². The Hall–Kier alpha value is -2.51. The zero-order valence-electron chi connectivity index (χ0n) is 10.4. The van der Waals surface area contributed by atoms with Crippen LogP contribution in [0.15, 0.2) is 48.5 Å². The third kappa shape index (κ3) is 3.03. The number of hydrogen-bond acceptors (Lipinski definition) is 4. The van der Waals surface area contributed by atoms with Gasteiger partial charge in [0.15, 0.2) is 0 Å². The second-order valence-electron chi connectivity index (χ2n) is 4.20. The summed E-state index contributed by atoms with van der Waals surface area (Å²) < 4.78 is 0. The van der Waals surface area contributed by atoms with Crippen molar-refractivity contribution >= 4 is 11.4 Å². The minimum atomic E-state index is -0.226. The average Bonchev–Trinajstić information content (AvgIpc) is 2.47. The first-order valence-electron chi connectivity index (χ1n) is 5.96. The number of aliphatic hydroxyl groups is 1. The van der Waals surface area contributed by atoms with Crippen molar-refractivity contribution in [3.05, 3.63) is 59.7 Å². The fourth-order valence-corrected chi connectivity index (χ4v) is 1.87. The van der Waals surface area contributed by atoms with Crippen molar-refractivity contribution in [1.82, 2.24) is 0 Å². The maximum atomic E-state index is 9.48. The molecule has 0 radical (unpaired) electrons. The van der Waals surface area contributed by atoms with Gasteiger partial charge in [0.05, 0.1) is 35.7 Å². The SMILES string of the molecule is N#Cc1ccc(NC(CO)c2ccccc2)c(N)c1. The molecule has 0 saturated carbocycles. The van der Waals surface area contributed by atoms with Gasteiger partial charge in [0.2, 0.25) is 0 Å². The van der Waals surface area contributed by atoms with E-state index in [-0.39, 0.29) is 12.6 Å². The van der Waals surface area contributed by atoms with Crippen molar-refractivity contribution in [3.63, 3.8) is 0 Å². The molecule has 0 spiro atoms. The highest BCUT2D eigenvalue weighted by Gasteiger charge is 2.11. The van der Waals surface area contributed by atoms with E-state index in [9.17, 15) is 5.11 Å². The molecule has 19 heavy (non-hydrogen) atoms. The summed E-state index contributed by atoms with van der Waals surface area (Å²) in [5.41, 5.74) is 8.58. The Balaban J connectivity index is 2.22. The van der Waals surface area contributed by atoms with Crippen molar-refractivity contribution in [2.24, 2.45) is 0 Å². The minimum absolute atomic E-state index is 0.0382. The number of aliphatic hydroxyl groups excluding tert-OH is 1. The van der Waals surface area contributed by atoms with Crippen molar-refractivity contribution in [3.8, 4) is 6.07 Å². The lowest BCUT2D eigenvalue weighted by Gasteiger charge is -2.19. The van der Waals surface area contributed by atoms with Crippen LogP contribution in [0.3, 0.4) is 0 Å². The van der Waals surface area contributed by atoms with Gasteiger partial charge in [-0.25, -0.2) is 0 Å². The Bertz CT molecular complexity index is 590. The molecule has 1 atom stereocenters. The first-order chi connectivity index (χ1) is 9.24. The lowest BCUT2D eigenvalue weighted by atomic mass is 10.1. The second kappa shape index (κ2) is 5.89. The number of nitriles is 1. The normalized spacial score (nSPS) is 11.6. The number of hydrogen-bond donors (Lipinski definition) is 3. The summed E-state index contributed by atoms with van der Waals surface area (Å²) in [5, 5.41) is 21.4.